The van der Waals surface area contributed by atoms with E-state index >= 15 is 0 Å². The maximum Gasteiger partial charge on any atom is 0.0412 e. The van der Waals surface area contributed by atoms with Crippen LogP contribution < -0.4 is 10.2 Å². The second-order valence-corrected chi connectivity index (χ2v) is 7.99. The predicted molar refractivity (Wildman–Crippen MR) is 91.8 cm³/mol. The molecule has 0 bridgehead atoms. The van der Waals surface area contributed by atoms with Crippen molar-refractivity contribution in [1.82, 2.24) is 5.32 Å². The number of hydrogen-bond donors (Lipinski definition) is 1. The van der Waals surface area contributed by atoms with E-state index in [4.69, 9.17) is 0 Å². The number of rotatable bonds is 4. The fraction of sp³-hybridized carbons (Fsp3) is 0.647. The molecule has 1 aliphatic heterocycles. The molecule has 0 spiro atoms. The normalized spacial score (nSPS) is 20.2. The van der Waals surface area contributed by atoms with Crippen molar-refractivity contribution < 1.29 is 0 Å². The zero-order chi connectivity index (χ0) is 14.6. The van der Waals surface area contributed by atoms with Gasteiger partial charge in [-0.05, 0) is 38.8 Å². The highest BCUT2D eigenvalue weighted by molar-refractivity contribution is 8.00. The highest BCUT2D eigenvalue weighted by atomic mass is 32.2. The number of anilines is 1. The van der Waals surface area contributed by atoms with Crippen molar-refractivity contribution in [1.29, 1.82) is 0 Å². The highest BCUT2D eigenvalue weighted by Crippen LogP contribution is 2.28. The van der Waals surface area contributed by atoms with E-state index in [1.165, 1.54) is 36.5 Å². The van der Waals surface area contributed by atoms with Crippen LogP contribution in [0.1, 0.15) is 39.7 Å². The molecule has 0 radical (unpaired) electrons. The molecule has 1 aromatic carbocycles. The summed E-state index contributed by atoms with van der Waals surface area (Å²) >= 11 is 2.13. The molecule has 0 amide bonds. The Balaban J connectivity index is 2.10. The molecule has 1 aliphatic rings. The van der Waals surface area contributed by atoms with Gasteiger partial charge in [-0.15, -0.1) is 0 Å². The van der Waals surface area contributed by atoms with Gasteiger partial charge in [-0.1, -0.05) is 25.1 Å². The fourth-order valence-corrected chi connectivity index (χ4v) is 3.69. The monoisotopic (exact) mass is 292 g/mol. The van der Waals surface area contributed by atoms with Crippen LogP contribution in [0.4, 0.5) is 5.69 Å². The minimum Gasteiger partial charge on any atom is -0.369 e. The van der Waals surface area contributed by atoms with Gasteiger partial charge in [-0.25, -0.2) is 0 Å². The molecule has 1 heterocycles. The summed E-state index contributed by atoms with van der Waals surface area (Å²) in [6.07, 6.45) is 1.27. The Kier molecular flexibility index (Phi) is 5.39. The second kappa shape index (κ2) is 6.86. The number of hydrogen-bond acceptors (Lipinski definition) is 3. The van der Waals surface area contributed by atoms with Crippen molar-refractivity contribution in [2.45, 2.75) is 51.4 Å². The molecule has 1 aromatic rings. The van der Waals surface area contributed by atoms with Crippen LogP contribution >= 0.6 is 11.8 Å². The maximum atomic E-state index is 3.61. The van der Waals surface area contributed by atoms with Crippen molar-refractivity contribution in [3.63, 3.8) is 0 Å². The van der Waals surface area contributed by atoms with E-state index in [2.05, 4.69) is 73.9 Å². The molecule has 1 saturated heterocycles. The average Bonchev–Trinajstić information content (AvgIpc) is 2.45. The third-order valence-corrected chi connectivity index (χ3v) is 5.11. The summed E-state index contributed by atoms with van der Waals surface area (Å²) in [6, 6.07) is 8.86. The van der Waals surface area contributed by atoms with Gasteiger partial charge >= 0.3 is 0 Å². The van der Waals surface area contributed by atoms with Crippen molar-refractivity contribution in [3.05, 3.63) is 29.8 Å². The summed E-state index contributed by atoms with van der Waals surface area (Å²) in [5.41, 5.74) is 3.00. The first kappa shape index (κ1) is 15.7. The van der Waals surface area contributed by atoms with Gasteiger partial charge in [0, 0.05) is 41.9 Å². The van der Waals surface area contributed by atoms with Gasteiger partial charge in [0.2, 0.25) is 0 Å². The summed E-state index contributed by atoms with van der Waals surface area (Å²) < 4.78 is 0. The van der Waals surface area contributed by atoms with Crippen LogP contribution in [0.25, 0.3) is 0 Å². The average molecular weight is 292 g/mol. The van der Waals surface area contributed by atoms with Crippen LogP contribution in [0.3, 0.4) is 0 Å². The first-order chi connectivity index (χ1) is 9.49. The standard InChI is InChI=1S/C17H28N2S/c1-5-15-13-19(10-11-20-15)16-9-7-6-8-14(16)12-18-17(2,3)4/h6-9,15,18H,5,10-13H2,1-4H3. The van der Waals surface area contributed by atoms with E-state index in [0.717, 1.165) is 11.8 Å². The molecule has 0 saturated carbocycles. The lowest BCUT2D eigenvalue weighted by Gasteiger charge is -2.35. The number of para-hydroxylation sites is 1. The molecule has 2 nitrogen and oxygen atoms in total. The lowest BCUT2D eigenvalue weighted by molar-refractivity contribution is 0.424. The summed E-state index contributed by atoms with van der Waals surface area (Å²) in [7, 11) is 0. The molecule has 1 atom stereocenters. The predicted octanol–water partition coefficient (Wildman–Crippen LogP) is 3.91. The molecule has 1 fully saturated rings. The summed E-state index contributed by atoms with van der Waals surface area (Å²) in [6.45, 7) is 12.3. The SMILES string of the molecule is CCC1CN(c2ccccc2CNC(C)(C)C)CCS1. The van der Waals surface area contributed by atoms with Gasteiger partial charge in [0.25, 0.3) is 0 Å². The number of thioether (sulfide) groups is 1. The van der Waals surface area contributed by atoms with Crippen molar-refractivity contribution in [2.75, 3.05) is 23.7 Å². The maximum absolute atomic E-state index is 3.61. The van der Waals surface area contributed by atoms with Gasteiger partial charge in [-0.2, -0.15) is 11.8 Å². The largest absolute Gasteiger partial charge is 0.369 e. The molecular weight excluding hydrogens is 264 g/mol. The lowest BCUT2D eigenvalue weighted by Crippen LogP contribution is -2.39. The van der Waals surface area contributed by atoms with Crippen LogP contribution in [0.15, 0.2) is 24.3 Å². The third kappa shape index (κ3) is 4.42. The fourth-order valence-electron chi connectivity index (χ4n) is 2.51. The number of nitrogens with one attached hydrogen (secondary N) is 1. The molecule has 1 N–H and O–H groups in total. The topological polar surface area (TPSA) is 15.3 Å². The molecule has 20 heavy (non-hydrogen) atoms. The quantitative estimate of drug-likeness (QED) is 0.906. The van der Waals surface area contributed by atoms with Gasteiger partial charge in [0.1, 0.15) is 0 Å². The summed E-state index contributed by atoms with van der Waals surface area (Å²) in [5.74, 6) is 1.25. The van der Waals surface area contributed by atoms with E-state index < -0.39 is 0 Å². The van der Waals surface area contributed by atoms with E-state index in [0.29, 0.717) is 0 Å². The van der Waals surface area contributed by atoms with Gasteiger partial charge in [-0.3, -0.25) is 0 Å². The van der Waals surface area contributed by atoms with Gasteiger partial charge in [0.15, 0.2) is 0 Å². The molecule has 0 aliphatic carbocycles. The van der Waals surface area contributed by atoms with Gasteiger partial charge < -0.3 is 10.2 Å². The summed E-state index contributed by atoms with van der Waals surface area (Å²) in [5, 5.41) is 4.40. The van der Waals surface area contributed by atoms with Crippen molar-refractivity contribution >= 4 is 17.4 Å². The molecule has 2 rings (SSSR count). The molecule has 3 heteroatoms. The first-order valence-corrected chi connectivity index (χ1v) is 8.74. The Morgan fingerprint density at radius 3 is 2.75 bits per heavy atom. The van der Waals surface area contributed by atoms with Crippen LogP contribution in [0, 0.1) is 0 Å². The van der Waals surface area contributed by atoms with Crippen LogP contribution in [-0.4, -0.2) is 29.6 Å². The van der Waals surface area contributed by atoms with E-state index in [1.54, 1.807) is 0 Å². The zero-order valence-corrected chi connectivity index (χ0v) is 14.1. The minimum absolute atomic E-state index is 0.164. The second-order valence-electron chi connectivity index (χ2n) is 6.58. The minimum atomic E-state index is 0.164. The molecule has 112 valence electrons. The van der Waals surface area contributed by atoms with E-state index in [1.807, 2.05) is 0 Å². The Morgan fingerprint density at radius 1 is 1.30 bits per heavy atom. The van der Waals surface area contributed by atoms with Crippen LogP contribution in [0.2, 0.25) is 0 Å². The Morgan fingerprint density at radius 2 is 2.05 bits per heavy atom. The van der Waals surface area contributed by atoms with Crippen molar-refractivity contribution in [2.24, 2.45) is 0 Å². The first-order valence-electron chi connectivity index (χ1n) is 7.69. The van der Waals surface area contributed by atoms with Crippen LogP contribution in [0.5, 0.6) is 0 Å². The van der Waals surface area contributed by atoms with Crippen molar-refractivity contribution in [3.8, 4) is 0 Å². The Bertz CT molecular complexity index is 425. The van der Waals surface area contributed by atoms with E-state index in [9.17, 15) is 0 Å². The third-order valence-electron chi connectivity index (χ3n) is 3.74. The smallest absolute Gasteiger partial charge is 0.0412 e. The highest BCUT2D eigenvalue weighted by Gasteiger charge is 2.21. The zero-order valence-electron chi connectivity index (χ0n) is 13.3. The lowest BCUT2D eigenvalue weighted by atomic mass is 10.1. The molecular formula is C17H28N2S. The molecule has 1 unspecified atom stereocenters. The van der Waals surface area contributed by atoms with Gasteiger partial charge in [0.05, 0.1) is 0 Å². The number of nitrogens with zero attached hydrogens (tertiary/aromatic N) is 1. The summed E-state index contributed by atoms with van der Waals surface area (Å²) in [4.78, 5) is 2.57. The molecule has 0 aromatic heterocycles. The van der Waals surface area contributed by atoms with Crippen LogP contribution in [-0.2, 0) is 6.54 Å². The Hall–Kier alpha value is -0.670. The Labute approximate surface area is 128 Å². The van der Waals surface area contributed by atoms with E-state index in [-0.39, 0.29) is 5.54 Å². The number of benzene rings is 1.